The van der Waals surface area contributed by atoms with Gasteiger partial charge in [-0.25, -0.2) is 0 Å². The van der Waals surface area contributed by atoms with E-state index in [4.69, 9.17) is 0 Å². The molecule has 1 saturated heterocycles. The second-order valence-electron chi connectivity index (χ2n) is 5.63. The number of unbranched alkanes of at least 4 members (excludes halogenated alkanes) is 2. The Balaban J connectivity index is 2.20. The molecule has 3 nitrogen and oxygen atoms in total. The standard InChI is InChI=1S/C16H24I2N2O/c1-2-3-4-5-15(20-8-6-19-7-9-20)12-10-13(17)16(21)14(18)11-12/h10-11,15,19,21H,2-9H2,1H3/t15-/m1/s1. The van der Waals surface area contributed by atoms with Gasteiger partial charge in [0.05, 0.1) is 7.14 Å². The minimum atomic E-state index is 0.424. The number of halogens is 2. The fraction of sp³-hybridized carbons (Fsp3) is 0.625. The number of nitrogens with zero attached hydrogens (tertiary/aromatic N) is 1. The summed E-state index contributed by atoms with van der Waals surface area (Å²) in [5.74, 6) is 0.424. The van der Waals surface area contributed by atoms with Gasteiger partial charge in [0.25, 0.3) is 0 Å². The van der Waals surface area contributed by atoms with E-state index in [2.05, 4.69) is 74.5 Å². The molecule has 1 aliphatic heterocycles. The molecule has 0 radical (unpaired) electrons. The molecule has 118 valence electrons. The zero-order valence-corrected chi connectivity index (χ0v) is 16.9. The number of phenols is 1. The number of aromatic hydroxyl groups is 1. The first-order chi connectivity index (χ1) is 10.1. The topological polar surface area (TPSA) is 35.5 Å². The van der Waals surface area contributed by atoms with E-state index < -0.39 is 0 Å². The summed E-state index contributed by atoms with van der Waals surface area (Å²) in [6, 6.07) is 4.81. The van der Waals surface area contributed by atoms with Gasteiger partial charge in [0.1, 0.15) is 5.75 Å². The molecule has 0 amide bonds. The van der Waals surface area contributed by atoms with E-state index in [1.165, 1.54) is 31.2 Å². The molecular formula is C16H24I2N2O. The van der Waals surface area contributed by atoms with Crippen LogP contribution in [-0.4, -0.2) is 36.2 Å². The maximum Gasteiger partial charge on any atom is 0.142 e. The maximum atomic E-state index is 10.00. The number of benzene rings is 1. The third kappa shape index (κ3) is 4.94. The second kappa shape index (κ2) is 8.88. The van der Waals surface area contributed by atoms with Gasteiger partial charge < -0.3 is 10.4 Å². The molecule has 1 aliphatic rings. The summed E-state index contributed by atoms with van der Waals surface area (Å²) in [6.45, 7) is 6.65. The van der Waals surface area contributed by atoms with Gasteiger partial charge in [-0.3, -0.25) is 4.90 Å². The monoisotopic (exact) mass is 514 g/mol. The van der Waals surface area contributed by atoms with Crippen molar-refractivity contribution in [2.75, 3.05) is 26.2 Å². The number of hydrogen-bond donors (Lipinski definition) is 2. The molecule has 1 heterocycles. The summed E-state index contributed by atoms with van der Waals surface area (Å²) < 4.78 is 1.93. The number of hydrogen-bond acceptors (Lipinski definition) is 3. The van der Waals surface area contributed by atoms with Gasteiger partial charge >= 0.3 is 0 Å². The molecule has 1 fully saturated rings. The highest BCUT2D eigenvalue weighted by Gasteiger charge is 2.23. The Morgan fingerprint density at radius 2 is 1.81 bits per heavy atom. The molecule has 1 atom stereocenters. The van der Waals surface area contributed by atoms with E-state index in [0.29, 0.717) is 11.8 Å². The van der Waals surface area contributed by atoms with Gasteiger partial charge in [-0.05, 0) is 69.3 Å². The average molecular weight is 514 g/mol. The van der Waals surface area contributed by atoms with Crippen LogP contribution < -0.4 is 5.32 Å². The van der Waals surface area contributed by atoms with Gasteiger partial charge in [0.2, 0.25) is 0 Å². The van der Waals surface area contributed by atoms with Gasteiger partial charge in [-0.1, -0.05) is 26.2 Å². The van der Waals surface area contributed by atoms with Crippen molar-refractivity contribution in [1.29, 1.82) is 0 Å². The Morgan fingerprint density at radius 1 is 1.19 bits per heavy atom. The van der Waals surface area contributed by atoms with Crippen molar-refractivity contribution in [2.45, 2.75) is 38.6 Å². The first-order valence-electron chi connectivity index (χ1n) is 7.76. The van der Waals surface area contributed by atoms with Crippen molar-refractivity contribution in [2.24, 2.45) is 0 Å². The Labute approximate surface area is 155 Å². The molecule has 21 heavy (non-hydrogen) atoms. The first kappa shape index (κ1) is 17.7. The van der Waals surface area contributed by atoms with E-state index in [1.807, 2.05) is 0 Å². The predicted octanol–water partition coefficient (Wildman–Crippen LogP) is 4.13. The molecule has 0 saturated carbocycles. The van der Waals surface area contributed by atoms with Crippen molar-refractivity contribution in [3.8, 4) is 5.75 Å². The highest BCUT2D eigenvalue weighted by Crippen LogP contribution is 2.34. The smallest absolute Gasteiger partial charge is 0.142 e. The maximum absolute atomic E-state index is 10.00. The summed E-state index contributed by atoms with van der Waals surface area (Å²) in [6.07, 6.45) is 5.05. The summed E-state index contributed by atoms with van der Waals surface area (Å²) in [7, 11) is 0. The Morgan fingerprint density at radius 3 is 2.38 bits per heavy atom. The minimum absolute atomic E-state index is 0.424. The zero-order valence-electron chi connectivity index (χ0n) is 12.5. The van der Waals surface area contributed by atoms with Crippen LogP contribution in [0.25, 0.3) is 0 Å². The van der Waals surface area contributed by atoms with Gasteiger partial charge in [-0.15, -0.1) is 0 Å². The average Bonchev–Trinajstić information content (AvgIpc) is 2.50. The van der Waals surface area contributed by atoms with Crippen LogP contribution in [0.2, 0.25) is 0 Å². The van der Waals surface area contributed by atoms with E-state index in [1.54, 1.807) is 0 Å². The Bertz CT molecular complexity index is 439. The zero-order chi connectivity index (χ0) is 15.2. The lowest BCUT2D eigenvalue weighted by Gasteiger charge is -2.35. The fourth-order valence-corrected chi connectivity index (χ4v) is 4.74. The third-order valence-electron chi connectivity index (χ3n) is 4.10. The van der Waals surface area contributed by atoms with E-state index in [9.17, 15) is 5.11 Å². The molecule has 0 aliphatic carbocycles. The van der Waals surface area contributed by atoms with Crippen LogP contribution in [0, 0.1) is 7.14 Å². The number of phenolic OH excluding ortho intramolecular Hbond substituents is 1. The first-order valence-corrected chi connectivity index (χ1v) is 9.92. The molecule has 1 aromatic carbocycles. The van der Waals surface area contributed by atoms with E-state index >= 15 is 0 Å². The molecule has 5 heteroatoms. The summed E-state index contributed by atoms with van der Waals surface area (Å²) in [5.41, 5.74) is 1.36. The quantitative estimate of drug-likeness (QED) is 0.443. The van der Waals surface area contributed by atoms with Crippen LogP contribution >= 0.6 is 45.2 Å². The molecule has 2 N–H and O–H groups in total. The van der Waals surface area contributed by atoms with Crippen LogP contribution in [-0.2, 0) is 0 Å². The lowest BCUT2D eigenvalue weighted by Crippen LogP contribution is -2.45. The molecule has 0 aromatic heterocycles. The predicted molar refractivity (Wildman–Crippen MR) is 105 cm³/mol. The Hall–Kier alpha value is 0.400. The van der Waals surface area contributed by atoms with Crippen LogP contribution in [0.1, 0.15) is 44.2 Å². The van der Waals surface area contributed by atoms with Crippen LogP contribution in [0.3, 0.4) is 0 Å². The second-order valence-corrected chi connectivity index (χ2v) is 7.96. The summed E-state index contributed by atoms with van der Waals surface area (Å²) >= 11 is 4.48. The lowest BCUT2D eigenvalue weighted by molar-refractivity contribution is 0.162. The largest absolute Gasteiger partial charge is 0.506 e. The summed E-state index contributed by atoms with van der Waals surface area (Å²) in [5, 5.41) is 13.4. The molecule has 2 rings (SSSR count). The molecular weight excluding hydrogens is 490 g/mol. The van der Waals surface area contributed by atoms with Crippen LogP contribution in [0.5, 0.6) is 5.75 Å². The minimum Gasteiger partial charge on any atom is -0.506 e. The van der Waals surface area contributed by atoms with Crippen molar-refractivity contribution >= 4 is 45.2 Å². The molecule has 1 aromatic rings. The van der Waals surface area contributed by atoms with Crippen molar-refractivity contribution < 1.29 is 5.11 Å². The van der Waals surface area contributed by atoms with E-state index in [-0.39, 0.29) is 0 Å². The Kier molecular flexibility index (Phi) is 7.51. The molecule has 0 unspecified atom stereocenters. The normalized spacial score (nSPS) is 17.9. The molecule has 0 bridgehead atoms. The fourth-order valence-electron chi connectivity index (χ4n) is 2.92. The van der Waals surface area contributed by atoms with Gasteiger partial charge in [0, 0.05) is 32.2 Å². The number of piperazine rings is 1. The van der Waals surface area contributed by atoms with Crippen molar-refractivity contribution in [3.63, 3.8) is 0 Å². The summed E-state index contributed by atoms with van der Waals surface area (Å²) in [4.78, 5) is 2.60. The van der Waals surface area contributed by atoms with Crippen molar-refractivity contribution in [3.05, 3.63) is 24.8 Å². The van der Waals surface area contributed by atoms with Crippen LogP contribution in [0.4, 0.5) is 0 Å². The van der Waals surface area contributed by atoms with Crippen LogP contribution in [0.15, 0.2) is 12.1 Å². The van der Waals surface area contributed by atoms with Crippen molar-refractivity contribution in [1.82, 2.24) is 10.2 Å². The SMILES string of the molecule is CCCCC[C@H](c1cc(I)c(O)c(I)c1)N1CCNCC1. The van der Waals surface area contributed by atoms with Gasteiger partial charge in [-0.2, -0.15) is 0 Å². The highest BCUT2D eigenvalue weighted by atomic mass is 127. The highest BCUT2D eigenvalue weighted by molar-refractivity contribution is 14.1. The lowest BCUT2D eigenvalue weighted by atomic mass is 9.98. The molecule has 0 spiro atoms. The number of rotatable bonds is 6. The van der Waals surface area contributed by atoms with Gasteiger partial charge in [0.15, 0.2) is 0 Å². The third-order valence-corrected chi connectivity index (χ3v) is 5.74. The van der Waals surface area contributed by atoms with E-state index in [0.717, 1.165) is 33.3 Å². The number of nitrogens with one attached hydrogen (secondary N) is 1.